The van der Waals surface area contributed by atoms with Crippen LogP contribution in [0.5, 0.6) is 0 Å². The van der Waals surface area contributed by atoms with Crippen LogP contribution in [-0.4, -0.2) is 50.3 Å². The number of sulfonamides is 1. The summed E-state index contributed by atoms with van der Waals surface area (Å²) in [6, 6.07) is 6.26. The minimum Gasteiger partial charge on any atom is -0.395 e. The van der Waals surface area contributed by atoms with Gasteiger partial charge in [-0.3, -0.25) is 9.52 Å². The number of benzene rings is 1. The Balaban J connectivity index is 2.95. The van der Waals surface area contributed by atoms with Gasteiger partial charge in [0.2, 0.25) is 10.0 Å². The van der Waals surface area contributed by atoms with Crippen LogP contribution in [0.3, 0.4) is 0 Å². The van der Waals surface area contributed by atoms with E-state index in [0.717, 1.165) is 6.26 Å². The maximum Gasteiger partial charge on any atom is 0.253 e. The fourth-order valence-electron chi connectivity index (χ4n) is 1.64. The fraction of sp³-hybridized carbons (Fsp3) is 0.417. The maximum absolute atomic E-state index is 12.1. The van der Waals surface area contributed by atoms with Crippen LogP contribution in [0.15, 0.2) is 24.3 Å². The third-order valence-corrected chi connectivity index (χ3v) is 3.06. The molecule has 7 heteroatoms. The lowest BCUT2D eigenvalue weighted by molar-refractivity contribution is 0.0732. The maximum atomic E-state index is 12.1. The van der Waals surface area contributed by atoms with Gasteiger partial charge in [0.15, 0.2) is 0 Å². The zero-order valence-corrected chi connectivity index (χ0v) is 11.8. The smallest absolute Gasteiger partial charge is 0.253 e. The first-order valence-electron chi connectivity index (χ1n) is 5.85. The van der Waals surface area contributed by atoms with Crippen molar-refractivity contribution >= 4 is 21.6 Å². The molecule has 0 heterocycles. The molecule has 6 nitrogen and oxygen atoms in total. The highest BCUT2D eigenvalue weighted by molar-refractivity contribution is 7.92. The Kier molecular flexibility index (Phi) is 5.31. The van der Waals surface area contributed by atoms with Gasteiger partial charge in [0.1, 0.15) is 0 Å². The summed E-state index contributed by atoms with van der Waals surface area (Å²) in [5, 5.41) is 8.89. The van der Waals surface area contributed by atoms with E-state index in [-0.39, 0.29) is 19.1 Å². The molecule has 0 saturated carbocycles. The minimum atomic E-state index is -3.37. The molecule has 1 amide bonds. The van der Waals surface area contributed by atoms with Crippen molar-refractivity contribution in [2.45, 2.75) is 6.92 Å². The molecule has 0 spiro atoms. The summed E-state index contributed by atoms with van der Waals surface area (Å²) < 4.78 is 24.6. The Labute approximate surface area is 113 Å². The number of aliphatic hydroxyl groups is 1. The number of anilines is 1. The zero-order valence-electron chi connectivity index (χ0n) is 11.0. The van der Waals surface area contributed by atoms with E-state index in [1.165, 1.54) is 11.0 Å². The van der Waals surface area contributed by atoms with Crippen molar-refractivity contribution in [3.8, 4) is 0 Å². The van der Waals surface area contributed by atoms with Crippen LogP contribution in [0.1, 0.15) is 17.3 Å². The molecule has 1 rings (SSSR count). The van der Waals surface area contributed by atoms with E-state index >= 15 is 0 Å². The average Bonchev–Trinajstić information content (AvgIpc) is 2.33. The SMILES string of the molecule is CCN(CCO)C(=O)c1cccc(NS(C)(=O)=O)c1. The molecule has 0 radical (unpaired) electrons. The molecular weight excluding hydrogens is 268 g/mol. The molecular formula is C12H18N2O4S. The Morgan fingerprint density at radius 3 is 2.63 bits per heavy atom. The van der Waals surface area contributed by atoms with Crippen LogP contribution >= 0.6 is 0 Å². The fourth-order valence-corrected chi connectivity index (χ4v) is 2.19. The molecule has 0 unspecified atom stereocenters. The highest BCUT2D eigenvalue weighted by Gasteiger charge is 2.14. The van der Waals surface area contributed by atoms with Crippen molar-refractivity contribution in [2.75, 3.05) is 30.7 Å². The summed E-state index contributed by atoms with van der Waals surface area (Å²) in [5.74, 6) is -0.242. The number of aliphatic hydroxyl groups excluding tert-OH is 1. The Morgan fingerprint density at radius 2 is 2.11 bits per heavy atom. The van der Waals surface area contributed by atoms with Gasteiger partial charge in [0.05, 0.1) is 12.9 Å². The van der Waals surface area contributed by atoms with E-state index in [4.69, 9.17) is 5.11 Å². The summed E-state index contributed by atoms with van der Waals surface area (Å²) in [5.41, 5.74) is 0.720. The van der Waals surface area contributed by atoms with Crippen LogP contribution in [0.4, 0.5) is 5.69 Å². The Hall–Kier alpha value is -1.60. The lowest BCUT2D eigenvalue weighted by Crippen LogP contribution is -2.33. The average molecular weight is 286 g/mol. The monoisotopic (exact) mass is 286 g/mol. The molecule has 0 bridgehead atoms. The molecule has 19 heavy (non-hydrogen) atoms. The van der Waals surface area contributed by atoms with E-state index in [1.54, 1.807) is 18.2 Å². The highest BCUT2D eigenvalue weighted by atomic mass is 32.2. The number of likely N-dealkylation sites (N-methyl/N-ethyl adjacent to an activating group) is 1. The molecule has 1 aromatic carbocycles. The van der Waals surface area contributed by atoms with Gasteiger partial charge in [-0.25, -0.2) is 8.42 Å². The molecule has 0 fully saturated rings. The third kappa shape index (κ3) is 4.88. The first-order valence-corrected chi connectivity index (χ1v) is 7.74. The molecule has 1 aromatic rings. The van der Waals surface area contributed by atoms with Crippen LogP contribution in [-0.2, 0) is 10.0 Å². The molecule has 0 aliphatic heterocycles. The molecule has 0 saturated heterocycles. The largest absolute Gasteiger partial charge is 0.395 e. The van der Waals surface area contributed by atoms with Crippen LogP contribution in [0.2, 0.25) is 0 Å². The molecule has 0 atom stereocenters. The van der Waals surface area contributed by atoms with Crippen molar-refractivity contribution in [3.63, 3.8) is 0 Å². The number of hydrogen-bond donors (Lipinski definition) is 2. The number of nitrogens with one attached hydrogen (secondary N) is 1. The van der Waals surface area contributed by atoms with Gasteiger partial charge in [-0.05, 0) is 25.1 Å². The van der Waals surface area contributed by atoms with Gasteiger partial charge in [0, 0.05) is 24.3 Å². The van der Waals surface area contributed by atoms with Gasteiger partial charge in [-0.15, -0.1) is 0 Å². The third-order valence-electron chi connectivity index (χ3n) is 2.45. The zero-order chi connectivity index (χ0) is 14.5. The molecule has 2 N–H and O–H groups in total. The standard InChI is InChI=1S/C12H18N2O4S/c1-3-14(7-8-15)12(16)10-5-4-6-11(9-10)13-19(2,17)18/h4-6,9,13,15H,3,7-8H2,1-2H3. The first kappa shape index (κ1) is 15.5. The van der Waals surface area contributed by atoms with Gasteiger partial charge >= 0.3 is 0 Å². The van der Waals surface area contributed by atoms with E-state index in [0.29, 0.717) is 17.8 Å². The predicted octanol–water partition coefficient (Wildman–Crippen LogP) is 0.512. The number of carbonyl (C=O) groups is 1. The second-order valence-corrected chi connectivity index (χ2v) is 5.81. The topological polar surface area (TPSA) is 86.7 Å². The van der Waals surface area contributed by atoms with Gasteiger partial charge < -0.3 is 10.0 Å². The van der Waals surface area contributed by atoms with E-state index < -0.39 is 10.0 Å². The van der Waals surface area contributed by atoms with Crippen LogP contribution in [0, 0.1) is 0 Å². The Morgan fingerprint density at radius 1 is 1.42 bits per heavy atom. The highest BCUT2D eigenvalue weighted by Crippen LogP contribution is 2.13. The lowest BCUT2D eigenvalue weighted by atomic mass is 10.2. The van der Waals surface area contributed by atoms with Crippen molar-refractivity contribution < 1.29 is 18.3 Å². The summed E-state index contributed by atoms with van der Waals surface area (Å²) in [7, 11) is -3.37. The van der Waals surface area contributed by atoms with Crippen LogP contribution in [0.25, 0.3) is 0 Å². The lowest BCUT2D eigenvalue weighted by Gasteiger charge is -2.20. The first-order chi connectivity index (χ1) is 8.87. The normalized spacial score (nSPS) is 11.1. The van der Waals surface area contributed by atoms with Crippen molar-refractivity contribution in [3.05, 3.63) is 29.8 Å². The van der Waals surface area contributed by atoms with Gasteiger partial charge in [0.25, 0.3) is 5.91 Å². The predicted molar refractivity (Wildman–Crippen MR) is 73.6 cm³/mol. The molecule has 0 aliphatic rings. The minimum absolute atomic E-state index is 0.110. The Bertz CT molecular complexity index is 542. The molecule has 0 aromatic heterocycles. The molecule has 106 valence electrons. The number of carbonyl (C=O) groups excluding carboxylic acids is 1. The van der Waals surface area contributed by atoms with Crippen LogP contribution < -0.4 is 4.72 Å². The molecule has 0 aliphatic carbocycles. The quantitative estimate of drug-likeness (QED) is 0.798. The van der Waals surface area contributed by atoms with Crippen molar-refractivity contribution in [1.29, 1.82) is 0 Å². The second kappa shape index (κ2) is 6.53. The van der Waals surface area contributed by atoms with E-state index in [9.17, 15) is 13.2 Å². The summed E-state index contributed by atoms with van der Waals surface area (Å²) in [4.78, 5) is 13.6. The summed E-state index contributed by atoms with van der Waals surface area (Å²) in [6.07, 6.45) is 1.05. The van der Waals surface area contributed by atoms with E-state index in [2.05, 4.69) is 4.72 Å². The number of hydrogen-bond acceptors (Lipinski definition) is 4. The van der Waals surface area contributed by atoms with Gasteiger partial charge in [-0.1, -0.05) is 6.07 Å². The number of amides is 1. The number of rotatable bonds is 6. The summed E-state index contributed by atoms with van der Waals surface area (Å²) in [6.45, 7) is 2.43. The van der Waals surface area contributed by atoms with E-state index in [1.807, 2.05) is 6.92 Å². The number of nitrogens with zero attached hydrogens (tertiary/aromatic N) is 1. The van der Waals surface area contributed by atoms with Gasteiger partial charge in [-0.2, -0.15) is 0 Å². The van der Waals surface area contributed by atoms with Crippen molar-refractivity contribution in [1.82, 2.24) is 4.90 Å². The summed E-state index contributed by atoms with van der Waals surface area (Å²) >= 11 is 0. The second-order valence-electron chi connectivity index (χ2n) is 4.06. The van der Waals surface area contributed by atoms with Crippen molar-refractivity contribution in [2.24, 2.45) is 0 Å².